The van der Waals surface area contributed by atoms with Crippen LogP contribution in [0.3, 0.4) is 0 Å². The summed E-state index contributed by atoms with van der Waals surface area (Å²) in [7, 11) is 0. The third kappa shape index (κ3) is 4.02. The fraction of sp³-hybridized carbons (Fsp3) is 0.438. The predicted octanol–water partition coefficient (Wildman–Crippen LogP) is 4.21. The molecule has 0 spiro atoms. The topological polar surface area (TPSA) is 32.3 Å². The lowest BCUT2D eigenvalue weighted by molar-refractivity contribution is -0.137. The zero-order valence-electron chi connectivity index (χ0n) is 12.4. The van der Waals surface area contributed by atoms with Crippen LogP contribution in [-0.2, 0) is 11.0 Å². The molecule has 0 saturated carbocycles. The summed E-state index contributed by atoms with van der Waals surface area (Å²) in [6.45, 7) is 3.26. The van der Waals surface area contributed by atoms with E-state index in [0.29, 0.717) is 5.69 Å². The van der Waals surface area contributed by atoms with Crippen molar-refractivity contribution in [1.82, 2.24) is 0 Å². The fourth-order valence-electron chi connectivity index (χ4n) is 2.55. The van der Waals surface area contributed by atoms with E-state index in [1.165, 1.54) is 12.1 Å². The summed E-state index contributed by atoms with van der Waals surface area (Å²) in [5.74, 6) is -0.430. The van der Waals surface area contributed by atoms with Gasteiger partial charge in [-0.25, -0.2) is 0 Å². The molecule has 120 valence electrons. The van der Waals surface area contributed by atoms with Gasteiger partial charge in [0.25, 0.3) is 0 Å². The highest BCUT2D eigenvalue weighted by atomic mass is 19.4. The molecule has 1 aliphatic rings. The number of carbonyl (C=O) groups excluding carboxylic acids is 1. The minimum absolute atomic E-state index is 0.208. The highest BCUT2D eigenvalue weighted by molar-refractivity contribution is 6.01. The van der Waals surface area contributed by atoms with Gasteiger partial charge < -0.3 is 10.2 Å². The van der Waals surface area contributed by atoms with Gasteiger partial charge in [-0.05, 0) is 50.5 Å². The number of carbonyl (C=O) groups is 1. The monoisotopic (exact) mass is 312 g/mol. The Hall–Kier alpha value is -1.98. The van der Waals surface area contributed by atoms with Crippen LogP contribution in [-0.4, -0.2) is 19.0 Å². The molecule has 0 aliphatic carbocycles. The van der Waals surface area contributed by atoms with E-state index in [1.54, 1.807) is 13.0 Å². The summed E-state index contributed by atoms with van der Waals surface area (Å²) in [4.78, 5) is 13.7. The van der Waals surface area contributed by atoms with Gasteiger partial charge in [0.15, 0.2) is 0 Å². The van der Waals surface area contributed by atoms with Crippen LogP contribution in [0.25, 0.3) is 0 Å². The number of allylic oxidation sites excluding steroid dienone is 1. The molecule has 2 rings (SSSR count). The smallest absolute Gasteiger partial charge is 0.370 e. The molecular weight excluding hydrogens is 293 g/mol. The number of alkyl halides is 3. The molecular formula is C16H19F3N2O. The number of halogens is 3. The maximum atomic E-state index is 12.9. The Kier molecular flexibility index (Phi) is 5.11. The van der Waals surface area contributed by atoms with Gasteiger partial charge in [0.2, 0.25) is 5.91 Å². The number of hydrogen-bond donors (Lipinski definition) is 1. The molecule has 0 aromatic heterocycles. The first kappa shape index (κ1) is 16.4. The zero-order chi connectivity index (χ0) is 16.2. The highest BCUT2D eigenvalue weighted by Gasteiger charge is 2.31. The van der Waals surface area contributed by atoms with Crippen molar-refractivity contribution in [2.24, 2.45) is 0 Å². The zero-order valence-corrected chi connectivity index (χ0v) is 12.4. The molecule has 1 N–H and O–H groups in total. The average molecular weight is 312 g/mol. The lowest BCUT2D eigenvalue weighted by atomic mass is 10.1. The summed E-state index contributed by atoms with van der Waals surface area (Å²) in [6, 6.07) is 3.51. The van der Waals surface area contributed by atoms with Crippen LogP contribution in [0.15, 0.2) is 30.4 Å². The van der Waals surface area contributed by atoms with E-state index in [2.05, 4.69) is 5.32 Å². The predicted molar refractivity (Wildman–Crippen MR) is 81.0 cm³/mol. The Morgan fingerprint density at radius 1 is 1.23 bits per heavy atom. The molecule has 1 aromatic carbocycles. The third-order valence-corrected chi connectivity index (χ3v) is 3.60. The number of nitrogens with one attached hydrogen (secondary N) is 1. The molecule has 1 aliphatic heterocycles. The molecule has 0 atom stereocenters. The number of hydrogen-bond acceptors (Lipinski definition) is 2. The summed E-state index contributed by atoms with van der Waals surface area (Å²) >= 11 is 0. The van der Waals surface area contributed by atoms with E-state index in [4.69, 9.17) is 0 Å². The van der Waals surface area contributed by atoms with Gasteiger partial charge in [-0.15, -0.1) is 0 Å². The number of rotatable bonds is 3. The fourth-order valence-corrected chi connectivity index (χ4v) is 2.55. The SMILES string of the molecule is C/C=C/C(=O)Nc1cc(C(F)(F)F)ccc1N1CCCCC1. The van der Waals surface area contributed by atoms with Gasteiger partial charge in [-0.1, -0.05) is 6.08 Å². The van der Waals surface area contributed by atoms with Gasteiger partial charge in [-0.2, -0.15) is 13.2 Å². The largest absolute Gasteiger partial charge is 0.416 e. The quantitative estimate of drug-likeness (QED) is 0.848. The molecule has 0 radical (unpaired) electrons. The Bertz CT molecular complexity index is 561. The lowest BCUT2D eigenvalue weighted by Gasteiger charge is -2.31. The average Bonchev–Trinajstić information content (AvgIpc) is 2.47. The van der Waals surface area contributed by atoms with Gasteiger partial charge >= 0.3 is 6.18 Å². The summed E-state index contributed by atoms with van der Waals surface area (Å²) < 4.78 is 38.7. The molecule has 3 nitrogen and oxygen atoms in total. The minimum atomic E-state index is -4.43. The standard InChI is InChI=1S/C16H19F3N2O/c1-2-6-15(22)20-13-11-12(16(17,18)19)7-8-14(13)21-9-4-3-5-10-21/h2,6-8,11H,3-5,9-10H2,1H3,(H,20,22)/b6-2+. The number of benzene rings is 1. The second kappa shape index (κ2) is 6.85. The van der Waals surface area contributed by atoms with Crippen molar-refractivity contribution in [3.05, 3.63) is 35.9 Å². The van der Waals surface area contributed by atoms with E-state index >= 15 is 0 Å². The van der Waals surface area contributed by atoms with Crippen LogP contribution in [0, 0.1) is 0 Å². The van der Waals surface area contributed by atoms with Crippen molar-refractivity contribution < 1.29 is 18.0 Å². The number of amides is 1. The van der Waals surface area contributed by atoms with Gasteiger partial charge in [0, 0.05) is 13.1 Å². The molecule has 22 heavy (non-hydrogen) atoms. The normalized spacial score (nSPS) is 16.1. The Balaban J connectivity index is 2.36. The first-order valence-corrected chi connectivity index (χ1v) is 7.31. The Morgan fingerprint density at radius 3 is 2.50 bits per heavy atom. The van der Waals surface area contributed by atoms with Gasteiger partial charge in [0.05, 0.1) is 16.9 Å². The van der Waals surface area contributed by atoms with Crippen molar-refractivity contribution in [3.8, 4) is 0 Å². The maximum Gasteiger partial charge on any atom is 0.416 e. The van der Waals surface area contributed by atoms with Crippen LogP contribution >= 0.6 is 0 Å². The molecule has 6 heteroatoms. The molecule has 1 heterocycles. The molecule has 1 saturated heterocycles. The van der Waals surface area contributed by atoms with E-state index in [1.807, 2.05) is 4.90 Å². The van der Waals surface area contributed by atoms with Crippen LogP contribution < -0.4 is 10.2 Å². The minimum Gasteiger partial charge on any atom is -0.370 e. The summed E-state index contributed by atoms with van der Waals surface area (Å²) in [5, 5.41) is 2.55. The highest BCUT2D eigenvalue weighted by Crippen LogP contribution is 2.36. The van der Waals surface area contributed by atoms with Crippen LogP contribution in [0.4, 0.5) is 24.5 Å². The summed E-state index contributed by atoms with van der Waals surface area (Å²) in [5.41, 5.74) is 0.0921. The van der Waals surface area contributed by atoms with E-state index in [9.17, 15) is 18.0 Å². The van der Waals surface area contributed by atoms with Crippen molar-refractivity contribution in [3.63, 3.8) is 0 Å². The van der Waals surface area contributed by atoms with Crippen LogP contribution in [0.5, 0.6) is 0 Å². The molecule has 1 aromatic rings. The third-order valence-electron chi connectivity index (χ3n) is 3.60. The molecule has 1 fully saturated rings. The second-order valence-corrected chi connectivity index (χ2v) is 5.27. The first-order chi connectivity index (χ1) is 10.4. The maximum absolute atomic E-state index is 12.9. The van der Waals surface area contributed by atoms with Crippen molar-refractivity contribution in [2.45, 2.75) is 32.4 Å². The number of piperidine rings is 1. The molecule has 1 amide bonds. The van der Waals surface area contributed by atoms with Gasteiger partial charge in [-0.3, -0.25) is 4.79 Å². The van der Waals surface area contributed by atoms with E-state index < -0.39 is 17.6 Å². The van der Waals surface area contributed by atoms with E-state index in [0.717, 1.165) is 44.5 Å². The van der Waals surface area contributed by atoms with E-state index in [-0.39, 0.29) is 5.69 Å². The number of anilines is 2. The summed E-state index contributed by atoms with van der Waals surface area (Å²) in [6.07, 6.45) is 1.54. The van der Waals surface area contributed by atoms with Crippen molar-refractivity contribution >= 4 is 17.3 Å². The van der Waals surface area contributed by atoms with Gasteiger partial charge in [0.1, 0.15) is 0 Å². The Labute approximate surface area is 127 Å². The Morgan fingerprint density at radius 2 is 1.91 bits per heavy atom. The molecule has 0 unspecified atom stereocenters. The van der Waals surface area contributed by atoms with Crippen molar-refractivity contribution in [2.75, 3.05) is 23.3 Å². The van der Waals surface area contributed by atoms with Crippen molar-refractivity contribution in [1.29, 1.82) is 0 Å². The van der Waals surface area contributed by atoms with Crippen LogP contribution in [0.1, 0.15) is 31.7 Å². The second-order valence-electron chi connectivity index (χ2n) is 5.27. The molecule has 0 bridgehead atoms. The van der Waals surface area contributed by atoms with Crippen LogP contribution in [0.2, 0.25) is 0 Å². The first-order valence-electron chi connectivity index (χ1n) is 7.31. The lowest BCUT2D eigenvalue weighted by Crippen LogP contribution is -2.30. The number of nitrogens with zero attached hydrogens (tertiary/aromatic N) is 1.